The molecule has 0 aliphatic carbocycles. The largest absolute Gasteiger partial charge is 0.453 e. The van der Waals surface area contributed by atoms with Crippen molar-refractivity contribution in [2.75, 3.05) is 13.7 Å². The molecular formula is C30H39N5O4. The van der Waals surface area contributed by atoms with E-state index in [1.54, 1.807) is 11.2 Å². The monoisotopic (exact) mass is 533 g/mol. The molecule has 3 rings (SSSR count). The highest BCUT2D eigenvalue weighted by molar-refractivity contribution is 5.86. The molecule has 208 valence electrons. The number of nitrogens with one attached hydrogen (secondary N) is 2. The molecule has 9 heteroatoms. The van der Waals surface area contributed by atoms with Crippen molar-refractivity contribution in [2.24, 2.45) is 11.1 Å². The van der Waals surface area contributed by atoms with Crippen LogP contribution in [0.5, 0.6) is 0 Å². The minimum Gasteiger partial charge on any atom is -0.453 e. The van der Waals surface area contributed by atoms with Gasteiger partial charge in [-0.1, -0.05) is 81.4 Å². The Morgan fingerprint density at radius 2 is 1.67 bits per heavy atom. The molecule has 9 nitrogen and oxygen atoms in total. The van der Waals surface area contributed by atoms with Crippen molar-refractivity contribution in [2.45, 2.75) is 51.9 Å². The molecule has 1 unspecified atom stereocenters. The van der Waals surface area contributed by atoms with Gasteiger partial charge in [-0.25, -0.2) is 9.80 Å². The first kappa shape index (κ1) is 29.8. The lowest BCUT2D eigenvalue weighted by Gasteiger charge is -2.34. The minimum atomic E-state index is -0.931. The van der Waals surface area contributed by atoms with E-state index >= 15 is 0 Å². The molecule has 0 fully saturated rings. The van der Waals surface area contributed by atoms with Crippen molar-refractivity contribution in [1.29, 1.82) is 0 Å². The summed E-state index contributed by atoms with van der Waals surface area (Å²) >= 11 is 0. The van der Waals surface area contributed by atoms with Gasteiger partial charge in [0.15, 0.2) is 0 Å². The van der Waals surface area contributed by atoms with Gasteiger partial charge in [0.2, 0.25) is 0 Å². The number of benzene rings is 2. The molecule has 3 aromatic rings. The van der Waals surface area contributed by atoms with E-state index in [4.69, 9.17) is 10.5 Å². The SMILES string of the molecule is COC(=O)NC(C(=O)NN(Cc1ccc(-c2ccccn2)cc1)C[C@@H](O)[C@@H](N)Cc1ccccc1)C(C)(C)C. The standard InChI is InChI=1S/C30H39N5O4/c1-30(2,3)27(33-29(38)39-4)28(37)34-35(20-26(36)24(31)18-21-10-6-5-7-11-21)19-22-13-15-23(16-14-22)25-12-8-9-17-32-25/h5-17,24,26-27,36H,18-20,31H2,1-4H3,(H,33,38)(H,34,37)/t24-,26+,27?/m0/s1. The number of hydrogen-bond donors (Lipinski definition) is 4. The third-order valence-electron chi connectivity index (χ3n) is 6.35. The Morgan fingerprint density at radius 1 is 1.00 bits per heavy atom. The van der Waals surface area contributed by atoms with E-state index in [1.807, 2.05) is 93.6 Å². The fourth-order valence-corrected chi connectivity index (χ4v) is 4.14. The number of hydrogen-bond acceptors (Lipinski definition) is 7. The summed E-state index contributed by atoms with van der Waals surface area (Å²) in [4.78, 5) is 29.7. The Kier molecular flexibility index (Phi) is 10.6. The number of ether oxygens (including phenoxy) is 1. The van der Waals surface area contributed by atoms with Gasteiger partial charge in [-0.15, -0.1) is 0 Å². The molecule has 0 bridgehead atoms. The third kappa shape index (κ3) is 9.17. The van der Waals surface area contributed by atoms with Crippen LogP contribution in [-0.4, -0.2) is 58.9 Å². The molecule has 0 spiro atoms. The molecule has 2 amide bonds. The number of aliphatic hydroxyl groups excluding tert-OH is 1. The number of rotatable bonds is 11. The lowest BCUT2D eigenvalue weighted by atomic mass is 9.86. The Bertz CT molecular complexity index is 1180. The Hall–Kier alpha value is -3.79. The zero-order valence-electron chi connectivity index (χ0n) is 23.0. The summed E-state index contributed by atoms with van der Waals surface area (Å²) in [5, 5.41) is 15.2. The van der Waals surface area contributed by atoms with Gasteiger partial charge in [-0.3, -0.25) is 15.2 Å². The zero-order valence-corrected chi connectivity index (χ0v) is 23.0. The highest BCUT2D eigenvalue weighted by Gasteiger charge is 2.34. The summed E-state index contributed by atoms with van der Waals surface area (Å²) in [5.74, 6) is -0.429. The van der Waals surface area contributed by atoms with E-state index in [0.717, 1.165) is 22.4 Å². The first-order valence-corrected chi connectivity index (χ1v) is 12.9. The van der Waals surface area contributed by atoms with Gasteiger partial charge in [0.05, 0.1) is 18.9 Å². The molecule has 1 heterocycles. The molecule has 0 aliphatic heterocycles. The Labute approximate surface area is 230 Å². The van der Waals surface area contributed by atoms with E-state index in [-0.39, 0.29) is 6.54 Å². The molecule has 0 aliphatic rings. The fraction of sp³-hybridized carbons (Fsp3) is 0.367. The maximum Gasteiger partial charge on any atom is 0.407 e. The van der Waals surface area contributed by atoms with Gasteiger partial charge < -0.3 is 20.9 Å². The van der Waals surface area contributed by atoms with E-state index < -0.39 is 35.6 Å². The van der Waals surface area contributed by atoms with Crippen molar-refractivity contribution >= 4 is 12.0 Å². The lowest BCUT2D eigenvalue weighted by molar-refractivity contribution is -0.131. The van der Waals surface area contributed by atoms with Crippen LogP contribution in [0, 0.1) is 5.41 Å². The van der Waals surface area contributed by atoms with Crippen LogP contribution in [0.15, 0.2) is 79.0 Å². The minimum absolute atomic E-state index is 0.0802. The molecule has 5 N–H and O–H groups in total. The summed E-state index contributed by atoms with van der Waals surface area (Å²) in [6, 6.07) is 21.8. The maximum atomic E-state index is 13.4. The molecular weight excluding hydrogens is 494 g/mol. The van der Waals surface area contributed by atoms with E-state index in [1.165, 1.54) is 7.11 Å². The number of hydrazine groups is 1. The van der Waals surface area contributed by atoms with Crippen molar-refractivity contribution in [3.05, 3.63) is 90.1 Å². The van der Waals surface area contributed by atoms with E-state index in [2.05, 4.69) is 15.7 Å². The second-order valence-electron chi connectivity index (χ2n) is 10.6. The highest BCUT2D eigenvalue weighted by atomic mass is 16.5. The predicted octanol–water partition coefficient (Wildman–Crippen LogP) is 3.28. The van der Waals surface area contributed by atoms with Crippen LogP contribution < -0.4 is 16.5 Å². The van der Waals surface area contributed by atoms with Crippen LogP contribution in [0.1, 0.15) is 31.9 Å². The van der Waals surface area contributed by atoms with Crippen LogP contribution in [0.25, 0.3) is 11.3 Å². The van der Waals surface area contributed by atoms with Crippen molar-refractivity contribution in [3.63, 3.8) is 0 Å². The molecule has 0 radical (unpaired) electrons. The van der Waals surface area contributed by atoms with Gasteiger partial charge in [0, 0.05) is 30.9 Å². The number of nitrogens with zero attached hydrogens (tertiary/aromatic N) is 2. The topological polar surface area (TPSA) is 130 Å². The maximum absolute atomic E-state index is 13.4. The quantitative estimate of drug-likeness (QED) is 0.278. The fourth-order valence-electron chi connectivity index (χ4n) is 4.14. The van der Waals surface area contributed by atoms with E-state index in [0.29, 0.717) is 13.0 Å². The normalized spacial score (nSPS) is 13.8. The number of carbonyl (C=O) groups is 2. The summed E-state index contributed by atoms with van der Waals surface area (Å²) in [5.41, 5.74) is 12.4. The van der Waals surface area contributed by atoms with Crippen molar-refractivity contribution in [3.8, 4) is 11.3 Å². The molecule has 0 saturated carbocycles. The number of pyridine rings is 1. The molecule has 2 aromatic carbocycles. The highest BCUT2D eigenvalue weighted by Crippen LogP contribution is 2.21. The number of amides is 2. The lowest BCUT2D eigenvalue weighted by Crippen LogP contribution is -2.58. The number of aliphatic hydroxyl groups is 1. The molecule has 3 atom stereocenters. The van der Waals surface area contributed by atoms with Crippen molar-refractivity contribution in [1.82, 2.24) is 20.7 Å². The first-order valence-electron chi connectivity index (χ1n) is 12.9. The molecule has 0 saturated heterocycles. The summed E-state index contributed by atoms with van der Waals surface area (Å²) in [7, 11) is 1.25. The smallest absolute Gasteiger partial charge is 0.407 e. The summed E-state index contributed by atoms with van der Waals surface area (Å²) in [6.45, 7) is 5.92. The summed E-state index contributed by atoms with van der Waals surface area (Å²) < 4.78 is 4.72. The number of carbonyl (C=O) groups excluding carboxylic acids is 2. The van der Waals surface area contributed by atoms with Crippen molar-refractivity contribution < 1.29 is 19.4 Å². The van der Waals surface area contributed by atoms with Gasteiger partial charge in [-0.05, 0) is 35.1 Å². The van der Waals surface area contributed by atoms with Gasteiger partial charge in [-0.2, -0.15) is 0 Å². The number of methoxy groups -OCH3 is 1. The number of aromatic nitrogens is 1. The Balaban J connectivity index is 1.78. The van der Waals surface area contributed by atoms with Gasteiger partial charge >= 0.3 is 6.09 Å². The average molecular weight is 534 g/mol. The predicted molar refractivity (Wildman–Crippen MR) is 151 cm³/mol. The molecule has 39 heavy (non-hydrogen) atoms. The number of nitrogens with two attached hydrogens (primary N) is 1. The Morgan fingerprint density at radius 3 is 2.26 bits per heavy atom. The van der Waals surface area contributed by atoms with Crippen LogP contribution in [0.2, 0.25) is 0 Å². The zero-order chi connectivity index (χ0) is 28.4. The second-order valence-corrected chi connectivity index (χ2v) is 10.6. The second kappa shape index (κ2) is 13.8. The van der Waals surface area contributed by atoms with Crippen LogP contribution in [0.3, 0.4) is 0 Å². The summed E-state index contributed by atoms with van der Waals surface area (Å²) in [6.07, 6.45) is 0.595. The number of alkyl carbamates (subject to hydrolysis) is 1. The van der Waals surface area contributed by atoms with Crippen LogP contribution >= 0.6 is 0 Å². The van der Waals surface area contributed by atoms with E-state index in [9.17, 15) is 14.7 Å². The van der Waals surface area contributed by atoms with Gasteiger partial charge in [0.25, 0.3) is 5.91 Å². The van der Waals surface area contributed by atoms with Crippen LogP contribution in [0.4, 0.5) is 4.79 Å². The molecule has 1 aromatic heterocycles. The first-order chi connectivity index (χ1) is 18.6. The third-order valence-corrected chi connectivity index (χ3v) is 6.35. The van der Waals surface area contributed by atoms with Gasteiger partial charge in [0.1, 0.15) is 6.04 Å². The van der Waals surface area contributed by atoms with Crippen LogP contribution in [-0.2, 0) is 22.5 Å². The average Bonchev–Trinajstić information content (AvgIpc) is 2.92.